The van der Waals surface area contributed by atoms with Gasteiger partial charge >= 0.3 is 0 Å². The maximum atomic E-state index is 6.32. The van der Waals surface area contributed by atoms with E-state index >= 15 is 0 Å². The van der Waals surface area contributed by atoms with Crippen LogP contribution in [0.1, 0.15) is 39.7 Å². The zero-order valence-corrected chi connectivity index (χ0v) is 17.2. The third-order valence-electron chi connectivity index (χ3n) is 4.56. The Morgan fingerprint density at radius 2 is 1.92 bits per heavy atom. The maximum absolute atomic E-state index is 6.32. The highest BCUT2D eigenvalue weighted by atomic mass is 35.5. The summed E-state index contributed by atoms with van der Waals surface area (Å²) in [6, 6.07) is 2.02. The van der Waals surface area contributed by atoms with E-state index in [0.29, 0.717) is 0 Å². The number of likely N-dealkylation sites (N-methyl/N-ethyl adjacent to an activating group) is 1. The highest BCUT2D eigenvalue weighted by Crippen LogP contribution is 2.44. The summed E-state index contributed by atoms with van der Waals surface area (Å²) in [5, 5.41) is 7.86. The Labute approximate surface area is 159 Å². The van der Waals surface area contributed by atoms with Crippen molar-refractivity contribution < 1.29 is 0 Å². The van der Waals surface area contributed by atoms with Crippen LogP contribution in [0.15, 0.2) is 21.7 Å². The van der Waals surface area contributed by atoms with Crippen molar-refractivity contribution >= 4 is 45.3 Å². The predicted molar refractivity (Wildman–Crippen MR) is 109 cm³/mol. The van der Waals surface area contributed by atoms with Crippen LogP contribution in [-0.4, -0.2) is 59.7 Å². The number of piperazine rings is 1. The molecule has 3 rings (SSSR count). The molecule has 0 spiro atoms. The van der Waals surface area contributed by atoms with Crippen LogP contribution in [0.3, 0.4) is 0 Å². The first-order chi connectivity index (χ1) is 11.9. The van der Waals surface area contributed by atoms with Crippen molar-refractivity contribution in [3.05, 3.63) is 21.5 Å². The van der Waals surface area contributed by atoms with Gasteiger partial charge in [0.25, 0.3) is 0 Å². The highest BCUT2D eigenvalue weighted by molar-refractivity contribution is 7.20. The van der Waals surface area contributed by atoms with Crippen LogP contribution in [-0.2, 0) is 0 Å². The van der Waals surface area contributed by atoms with E-state index in [2.05, 4.69) is 30.7 Å². The molecule has 0 N–H and O–H groups in total. The number of hydrazone groups is 1. The third kappa shape index (κ3) is 3.76. The van der Waals surface area contributed by atoms with Crippen molar-refractivity contribution in [1.82, 2.24) is 14.8 Å². The minimum absolute atomic E-state index is 0.770. The second-order valence-corrected chi connectivity index (χ2v) is 8.47. The zero-order valence-electron chi connectivity index (χ0n) is 15.6. The zero-order chi connectivity index (χ0) is 18.1. The number of rotatable bonds is 2. The van der Waals surface area contributed by atoms with Gasteiger partial charge in [0.15, 0.2) is 0 Å². The third-order valence-corrected chi connectivity index (χ3v) is 5.72. The molecule has 0 radical (unpaired) electrons. The molecule has 0 aliphatic carbocycles. The Morgan fingerprint density at radius 1 is 1.24 bits per heavy atom. The molecule has 0 unspecified atom stereocenters. The molecule has 1 aromatic heterocycles. The number of guanidine groups is 1. The Kier molecular flexibility index (Phi) is 5.51. The number of hydrogen-bond donors (Lipinski definition) is 0. The van der Waals surface area contributed by atoms with Gasteiger partial charge in [-0.3, -0.25) is 0 Å². The van der Waals surface area contributed by atoms with Gasteiger partial charge in [-0.15, -0.1) is 11.3 Å². The second kappa shape index (κ2) is 7.48. The van der Waals surface area contributed by atoms with E-state index in [0.717, 1.165) is 64.9 Å². The lowest BCUT2D eigenvalue weighted by Crippen LogP contribution is -2.51. The van der Waals surface area contributed by atoms with Gasteiger partial charge in [0.2, 0.25) is 5.96 Å². The topological polar surface area (TPSA) is 34.4 Å². The number of halogens is 1. The van der Waals surface area contributed by atoms with Crippen molar-refractivity contribution in [2.75, 3.05) is 33.2 Å². The number of thiophene rings is 1. The van der Waals surface area contributed by atoms with Crippen LogP contribution in [0, 0.1) is 0 Å². The fourth-order valence-electron chi connectivity index (χ4n) is 3.04. The molecular formula is C18H26ClN5S. The first-order valence-electron chi connectivity index (χ1n) is 8.74. The van der Waals surface area contributed by atoms with Gasteiger partial charge in [0.05, 0.1) is 10.0 Å². The van der Waals surface area contributed by atoms with Crippen molar-refractivity contribution in [2.24, 2.45) is 10.1 Å². The Bertz CT molecular complexity index is 737. The average molecular weight is 380 g/mol. The molecule has 5 nitrogen and oxygen atoms in total. The van der Waals surface area contributed by atoms with E-state index in [1.54, 1.807) is 11.3 Å². The monoisotopic (exact) mass is 379 g/mol. The van der Waals surface area contributed by atoms with E-state index in [-0.39, 0.29) is 0 Å². The number of hydrogen-bond acceptors (Lipinski definition) is 6. The molecule has 3 heterocycles. The maximum Gasteiger partial charge on any atom is 0.228 e. The first kappa shape index (κ1) is 18.4. The standard InChI is InChI=1S/C18H26ClN5S/c1-6-13(4)16-14-11-15(19)25-17(14)20-18(24(16)21-12(2)3)23-9-7-22(5)8-10-23/h11H,6-10H2,1-5H3. The van der Waals surface area contributed by atoms with E-state index in [4.69, 9.17) is 21.7 Å². The summed E-state index contributed by atoms with van der Waals surface area (Å²) in [6.07, 6.45) is 0.965. The Morgan fingerprint density at radius 3 is 2.52 bits per heavy atom. The Hall–Kier alpha value is -1.37. The average Bonchev–Trinajstić information content (AvgIpc) is 2.93. The molecule has 0 amide bonds. The van der Waals surface area contributed by atoms with E-state index in [1.807, 2.05) is 24.9 Å². The van der Waals surface area contributed by atoms with Crippen LogP contribution in [0.2, 0.25) is 4.34 Å². The van der Waals surface area contributed by atoms with Gasteiger partial charge in [-0.1, -0.05) is 18.5 Å². The fourth-order valence-corrected chi connectivity index (χ4v) is 4.12. The van der Waals surface area contributed by atoms with Crippen LogP contribution >= 0.6 is 22.9 Å². The molecule has 1 aromatic rings. The summed E-state index contributed by atoms with van der Waals surface area (Å²) in [4.78, 5) is 9.65. The molecule has 0 bridgehead atoms. The molecule has 7 heteroatoms. The number of fused-ring (bicyclic) bond motifs is 1. The first-order valence-corrected chi connectivity index (χ1v) is 9.93. The molecule has 25 heavy (non-hydrogen) atoms. The minimum Gasteiger partial charge on any atom is -0.338 e. The minimum atomic E-state index is 0.770. The summed E-state index contributed by atoms with van der Waals surface area (Å²) in [7, 11) is 2.16. The second-order valence-electron chi connectivity index (χ2n) is 6.81. The van der Waals surface area contributed by atoms with Crippen LogP contribution in [0.25, 0.3) is 5.70 Å². The fraction of sp³-hybridized carbons (Fsp3) is 0.556. The molecule has 2 aliphatic rings. The van der Waals surface area contributed by atoms with Gasteiger partial charge in [-0.25, -0.2) is 4.99 Å². The van der Waals surface area contributed by atoms with Gasteiger partial charge < -0.3 is 9.80 Å². The summed E-state index contributed by atoms with van der Waals surface area (Å²) in [6.45, 7) is 12.4. The van der Waals surface area contributed by atoms with Crippen LogP contribution in [0.4, 0.5) is 5.00 Å². The number of nitrogens with zero attached hydrogens (tertiary/aromatic N) is 5. The lowest BCUT2D eigenvalue weighted by molar-refractivity contribution is 0.204. The largest absolute Gasteiger partial charge is 0.338 e. The molecular weight excluding hydrogens is 354 g/mol. The molecule has 0 saturated carbocycles. The van der Waals surface area contributed by atoms with Crippen molar-refractivity contribution in [2.45, 2.75) is 34.1 Å². The van der Waals surface area contributed by atoms with Gasteiger partial charge in [-0.2, -0.15) is 10.1 Å². The molecule has 0 atom stereocenters. The van der Waals surface area contributed by atoms with Crippen molar-refractivity contribution in [1.29, 1.82) is 0 Å². The Balaban J connectivity index is 2.13. The molecule has 136 valence electrons. The normalized spacial score (nSPS) is 20.3. The summed E-state index contributed by atoms with van der Waals surface area (Å²) in [5.41, 5.74) is 4.53. The number of allylic oxidation sites excluding steroid dienone is 1. The van der Waals surface area contributed by atoms with Crippen LogP contribution in [0.5, 0.6) is 0 Å². The van der Waals surface area contributed by atoms with Crippen molar-refractivity contribution in [3.63, 3.8) is 0 Å². The smallest absolute Gasteiger partial charge is 0.228 e. The molecule has 1 fully saturated rings. The predicted octanol–water partition coefficient (Wildman–Crippen LogP) is 4.49. The lowest BCUT2D eigenvalue weighted by atomic mass is 10.1. The molecule has 2 aliphatic heterocycles. The van der Waals surface area contributed by atoms with Crippen molar-refractivity contribution in [3.8, 4) is 0 Å². The van der Waals surface area contributed by atoms with E-state index in [1.165, 1.54) is 5.57 Å². The van der Waals surface area contributed by atoms with E-state index in [9.17, 15) is 0 Å². The number of aliphatic imine (C=N–C) groups is 1. The van der Waals surface area contributed by atoms with Gasteiger partial charge in [0.1, 0.15) is 5.00 Å². The quantitative estimate of drug-likeness (QED) is 0.710. The summed E-state index contributed by atoms with van der Waals surface area (Å²) in [5.74, 6) is 0.920. The molecule has 0 aromatic carbocycles. The summed E-state index contributed by atoms with van der Waals surface area (Å²) >= 11 is 7.86. The van der Waals surface area contributed by atoms with E-state index < -0.39 is 0 Å². The SMILES string of the molecule is CCC(C)=C1c2cc(Cl)sc2N=C(N2CCN(C)CC2)N1N=C(C)C. The highest BCUT2D eigenvalue weighted by Gasteiger charge is 2.32. The van der Waals surface area contributed by atoms with Gasteiger partial charge in [-0.05, 0) is 45.9 Å². The molecule has 1 saturated heterocycles. The summed E-state index contributed by atoms with van der Waals surface area (Å²) < 4.78 is 0.770. The van der Waals surface area contributed by atoms with Crippen LogP contribution < -0.4 is 0 Å². The van der Waals surface area contributed by atoms with Gasteiger partial charge in [0, 0.05) is 37.5 Å². The lowest BCUT2D eigenvalue weighted by Gasteiger charge is -2.39.